The SMILES string of the molecule is O=C(CCC1CCCC1)N1CC(CN2C(=O)COC2=O)C1. The molecule has 3 aliphatic rings. The van der Waals surface area contributed by atoms with Crippen LogP contribution in [0.15, 0.2) is 0 Å². The normalized spacial score (nSPS) is 23.6. The Hall–Kier alpha value is -1.59. The number of carbonyl (C=O) groups excluding carboxylic acids is 3. The van der Waals surface area contributed by atoms with Gasteiger partial charge in [-0.1, -0.05) is 25.7 Å². The van der Waals surface area contributed by atoms with Crippen LogP contribution in [0.3, 0.4) is 0 Å². The van der Waals surface area contributed by atoms with E-state index in [2.05, 4.69) is 4.74 Å². The van der Waals surface area contributed by atoms with Crippen LogP contribution in [0.25, 0.3) is 0 Å². The summed E-state index contributed by atoms with van der Waals surface area (Å²) in [4.78, 5) is 37.8. The molecule has 21 heavy (non-hydrogen) atoms. The van der Waals surface area contributed by atoms with E-state index in [4.69, 9.17) is 0 Å². The van der Waals surface area contributed by atoms with E-state index in [1.165, 1.54) is 25.7 Å². The number of ether oxygens (including phenoxy) is 1. The van der Waals surface area contributed by atoms with Gasteiger partial charge in [-0.05, 0) is 12.3 Å². The molecule has 0 N–H and O–H groups in total. The predicted molar refractivity (Wildman–Crippen MR) is 74.3 cm³/mol. The van der Waals surface area contributed by atoms with Crippen molar-refractivity contribution in [1.29, 1.82) is 0 Å². The zero-order valence-corrected chi connectivity index (χ0v) is 12.3. The molecule has 0 spiro atoms. The number of carbonyl (C=O) groups is 3. The van der Waals surface area contributed by atoms with E-state index in [0.717, 1.165) is 17.2 Å². The zero-order valence-electron chi connectivity index (χ0n) is 12.3. The Morgan fingerprint density at radius 2 is 1.86 bits per heavy atom. The van der Waals surface area contributed by atoms with Crippen LogP contribution in [0.4, 0.5) is 4.79 Å². The predicted octanol–water partition coefficient (Wildman–Crippen LogP) is 1.39. The van der Waals surface area contributed by atoms with E-state index in [9.17, 15) is 14.4 Å². The molecule has 0 aromatic rings. The summed E-state index contributed by atoms with van der Waals surface area (Å²) in [7, 11) is 0. The lowest BCUT2D eigenvalue weighted by molar-refractivity contribution is -0.138. The highest BCUT2D eigenvalue weighted by Gasteiger charge is 2.38. The highest BCUT2D eigenvalue weighted by molar-refractivity contribution is 5.97. The van der Waals surface area contributed by atoms with Gasteiger partial charge in [0, 0.05) is 32.0 Å². The lowest BCUT2D eigenvalue weighted by Crippen LogP contribution is -2.54. The second-order valence-corrected chi connectivity index (χ2v) is 6.41. The number of amides is 3. The first-order valence-corrected chi connectivity index (χ1v) is 7.88. The Labute approximate surface area is 124 Å². The van der Waals surface area contributed by atoms with Gasteiger partial charge in [0.25, 0.3) is 5.91 Å². The topological polar surface area (TPSA) is 66.9 Å². The molecule has 2 aliphatic heterocycles. The molecule has 6 nitrogen and oxygen atoms in total. The number of nitrogens with zero attached hydrogens (tertiary/aromatic N) is 2. The van der Waals surface area contributed by atoms with E-state index in [1.54, 1.807) is 0 Å². The van der Waals surface area contributed by atoms with Crippen LogP contribution in [0, 0.1) is 11.8 Å². The van der Waals surface area contributed by atoms with E-state index in [1.807, 2.05) is 4.90 Å². The monoisotopic (exact) mass is 294 g/mol. The maximum atomic E-state index is 12.0. The maximum absolute atomic E-state index is 12.0. The quantitative estimate of drug-likeness (QED) is 0.768. The fraction of sp³-hybridized carbons (Fsp3) is 0.800. The second kappa shape index (κ2) is 6.03. The number of hydrogen-bond acceptors (Lipinski definition) is 4. The van der Waals surface area contributed by atoms with Crippen LogP contribution < -0.4 is 0 Å². The molecule has 2 heterocycles. The summed E-state index contributed by atoms with van der Waals surface area (Å²) in [6.07, 6.45) is 6.27. The Morgan fingerprint density at radius 1 is 1.14 bits per heavy atom. The molecule has 1 saturated carbocycles. The van der Waals surface area contributed by atoms with Gasteiger partial charge in [0.2, 0.25) is 5.91 Å². The molecule has 3 rings (SSSR count). The third-order valence-electron chi connectivity index (χ3n) is 4.83. The first kappa shape index (κ1) is 14.4. The third-order valence-corrected chi connectivity index (χ3v) is 4.83. The first-order chi connectivity index (χ1) is 10.1. The maximum Gasteiger partial charge on any atom is 0.417 e. The van der Waals surface area contributed by atoms with Crippen LogP contribution in [-0.4, -0.2) is 53.9 Å². The Balaban J connectivity index is 1.36. The molecular weight excluding hydrogens is 272 g/mol. The highest BCUT2D eigenvalue weighted by Crippen LogP contribution is 2.29. The minimum absolute atomic E-state index is 0.143. The molecule has 3 amide bonds. The largest absolute Gasteiger partial charge is 0.439 e. The highest BCUT2D eigenvalue weighted by atomic mass is 16.6. The standard InChI is InChI=1S/C15H22N2O4/c18-13(6-5-11-3-1-2-4-11)16-7-12(8-16)9-17-14(19)10-21-15(17)20/h11-12H,1-10H2. The summed E-state index contributed by atoms with van der Waals surface area (Å²) in [5.41, 5.74) is 0. The van der Waals surface area contributed by atoms with Gasteiger partial charge in [-0.2, -0.15) is 0 Å². The van der Waals surface area contributed by atoms with Gasteiger partial charge >= 0.3 is 6.09 Å². The summed E-state index contributed by atoms with van der Waals surface area (Å²) in [5, 5.41) is 0. The van der Waals surface area contributed by atoms with E-state index >= 15 is 0 Å². The van der Waals surface area contributed by atoms with Crippen LogP contribution in [-0.2, 0) is 14.3 Å². The Bertz CT molecular complexity index is 423. The molecule has 3 fully saturated rings. The average molecular weight is 294 g/mol. The van der Waals surface area contributed by atoms with Gasteiger partial charge < -0.3 is 9.64 Å². The summed E-state index contributed by atoms with van der Waals surface area (Å²) in [6, 6.07) is 0. The minimum Gasteiger partial charge on any atom is -0.439 e. The zero-order chi connectivity index (χ0) is 14.8. The molecule has 0 atom stereocenters. The first-order valence-electron chi connectivity index (χ1n) is 7.88. The van der Waals surface area contributed by atoms with Crippen molar-refractivity contribution < 1.29 is 19.1 Å². The summed E-state index contributed by atoms with van der Waals surface area (Å²) in [5.74, 6) is 0.887. The fourth-order valence-corrected chi connectivity index (χ4v) is 3.49. The average Bonchev–Trinajstić information content (AvgIpc) is 3.03. The van der Waals surface area contributed by atoms with E-state index < -0.39 is 6.09 Å². The number of likely N-dealkylation sites (tertiary alicyclic amines) is 1. The molecule has 116 valence electrons. The van der Waals surface area contributed by atoms with Crippen molar-refractivity contribution in [3.8, 4) is 0 Å². The molecular formula is C15H22N2O4. The van der Waals surface area contributed by atoms with Crippen molar-refractivity contribution in [2.45, 2.75) is 38.5 Å². The lowest BCUT2D eigenvalue weighted by atomic mass is 9.96. The molecule has 0 radical (unpaired) electrons. The number of imide groups is 1. The van der Waals surface area contributed by atoms with Crippen LogP contribution in [0.2, 0.25) is 0 Å². The van der Waals surface area contributed by atoms with E-state index in [-0.39, 0.29) is 24.3 Å². The molecule has 0 bridgehead atoms. The lowest BCUT2D eigenvalue weighted by Gasteiger charge is -2.40. The summed E-state index contributed by atoms with van der Waals surface area (Å²) >= 11 is 0. The van der Waals surface area contributed by atoms with Crippen LogP contribution >= 0.6 is 0 Å². The fourth-order valence-electron chi connectivity index (χ4n) is 3.49. The summed E-state index contributed by atoms with van der Waals surface area (Å²) in [6.45, 7) is 1.54. The van der Waals surface area contributed by atoms with Crippen LogP contribution in [0.1, 0.15) is 38.5 Å². The van der Waals surface area contributed by atoms with Crippen molar-refractivity contribution in [3.05, 3.63) is 0 Å². The van der Waals surface area contributed by atoms with E-state index in [0.29, 0.717) is 26.1 Å². The van der Waals surface area contributed by atoms with Gasteiger partial charge in [0.1, 0.15) is 0 Å². The molecule has 2 saturated heterocycles. The molecule has 0 unspecified atom stereocenters. The minimum atomic E-state index is -0.550. The van der Waals surface area contributed by atoms with Crippen molar-refractivity contribution in [1.82, 2.24) is 9.80 Å². The molecule has 1 aliphatic carbocycles. The molecule has 0 aromatic carbocycles. The summed E-state index contributed by atoms with van der Waals surface area (Å²) < 4.78 is 4.67. The smallest absolute Gasteiger partial charge is 0.417 e. The Kier molecular flexibility index (Phi) is 4.12. The van der Waals surface area contributed by atoms with Gasteiger partial charge in [0.15, 0.2) is 6.61 Å². The molecule has 0 aromatic heterocycles. The van der Waals surface area contributed by atoms with Crippen molar-refractivity contribution >= 4 is 17.9 Å². The van der Waals surface area contributed by atoms with Crippen molar-refractivity contribution in [2.24, 2.45) is 11.8 Å². The van der Waals surface area contributed by atoms with Gasteiger partial charge in [-0.15, -0.1) is 0 Å². The number of cyclic esters (lactones) is 1. The second-order valence-electron chi connectivity index (χ2n) is 6.41. The van der Waals surface area contributed by atoms with Gasteiger partial charge in [-0.25, -0.2) is 9.69 Å². The third kappa shape index (κ3) is 3.19. The number of rotatable bonds is 5. The number of hydrogen-bond donors (Lipinski definition) is 0. The van der Waals surface area contributed by atoms with Crippen molar-refractivity contribution in [3.63, 3.8) is 0 Å². The van der Waals surface area contributed by atoms with Crippen LogP contribution in [0.5, 0.6) is 0 Å². The van der Waals surface area contributed by atoms with Gasteiger partial charge in [-0.3, -0.25) is 9.59 Å². The van der Waals surface area contributed by atoms with Crippen molar-refractivity contribution in [2.75, 3.05) is 26.2 Å². The Morgan fingerprint density at radius 3 is 2.48 bits per heavy atom. The van der Waals surface area contributed by atoms with Gasteiger partial charge in [0.05, 0.1) is 0 Å². The molecule has 6 heteroatoms.